The average Bonchev–Trinajstić information content (AvgIpc) is 3.53. The molecule has 4 N–H and O–H groups in total. The number of carbonyl (C=O) groups excluding carboxylic acids is 2. The Morgan fingerprint density at radius 1 is 0.973 bits per heavy atom. The van der Waals surface area contributed by atoms with Gasteiger partial charge in [0, 0.05) is 35.1 Å². The summed E-state index contributed by atoms with van der Waals surface area (Å²) < 4.78 is 13.6. The number of benzene rings is 3. The van der Waals surface area contributed by atoms with E-state index in [9.17, 15) is 29.0 Å². The lowest BCUT2D eigenvalue weighted by Gasteiger charge is -2.31. The van der Waals surface area contributed by atoms with Crippen LogP contribution in [0.25, 0.3) is 10.9 Å². The van der Waals surface area contributed by atoms with E-state index in [0.29, 0.717) is 11.1 Å². The molecule has 2 aliphatic heterocycles. The summed E-state index contributed by atoms with van der Waals surface area (Å²) in [5.41, 5.74) is 0.105. The van der Waals surface area contributed by atoms with Crippen LogP contribution in [0.5, 0.6) is 5.75 Å². The van der Waals surface area contributed by atoms with Gasteiger partial charge in [0.25, 0.3) is 0 Å². The molecular weight excluding hydrogens is 477 g/mol. The third-order valence-corrected chi connectivity index (χ3v) is 7.54. The number of hydrogen-bond donors (Lipinski definition) is 4. The lowest BCUT2D eigenvalue weighted by atomic mass is 9.76. The number of carboxylic acid groups (broad SMARTS) is 1. The SMILES string of the molecule is O=C1[C@H]2[C@@H](c3ccccc3O)N[C@](Cc3c[nH]c4ccccc34)(C(=O)O)[C@H]2C(=O)N1c1ccc(F)cc1. The summed E-state index contributed by atoms with van der Waals surface area (Å²) in [6.45, 7) is 0. The van der Waals surface area contributed by atoms with Crippen molar-refractivity contribution in [3.8, 4) is 5.75 Å². The highest BCUT2D eigenvalue weighted by Crippen LogP contribution is 2.52. The summed E-state index contributed by atoms with van der Waals surface area (Å²) >= 11 is 0. The van der Waals surface area contributed by atoms with Gasteiger partial charge in [-0.3, -0.25) is 19.7 Å². The van der Waals surface area contributed by atoms with E-state index in [-0.39, 0.29) is 17.9 Å². The lowest BCUT2D eigenvalue weighted by Crippen LogP contribution is -2.57. The fourth-order valence-electron chi connectivity index (χ4n) is 5.88. The highest BCUT2D eigenvalue weighted by Gasteiger charge is 2.69. The Balaban J connectivity index is 1.52. The normalized spacial score (nSPS) is 25.1. The number of phenolic OH excluding ortho intramolecular Hbond substituents is 1. The number of aromatic nitrogens is 1. The molecule has 4 atom stereocenters. The van der Waals surface area contributed by atoms with Crippen molar-refractivity contribution in [1.82, 2.24) is 10.3 Å². The van der Waals surface area contributed by atoms with E-state index in [1.165, 1.54) is 18.2 Å². The van der Waals surface area contributed by atoms with Crippen LogP contribution in [0.15, 0.2) is 79.0 Å². The highest BCUT2D eigenvalue weighted by molar-refractivity contribution is 6.24. The van der Waals surface area contributed by atoms with Gasteiger partial charge in [-0.1, -0.05) is 36.4 Å². The molecule has 2 aliphatic rings. The minimum atomic E-state index is -1.86. The van der Waals surface area contributed by atoms with Crippen molar-refractivity contribution in [1.29, 1.82) is 0 Å². The summed E-state index contributed by atoms with van der Waals surface area (Å²) in [5.74, 6) is -5.61. The van der Waals surface area contributed by atoms with Crippen LogP contribution in [0.3, 0.4) is 0 Å². The van der Waals surface area contributed by atoms with Crippen LogP contribution in [-0.4, -0.2) is 38.5 Å². The van der Waals surface area contributed by atoms with Gasteiger partial charge >= 0.3 is 5.97 Å². The predicted octanol–water partition coefficient (Wildman–Crippen LogP) is 3.53. The molecule has 0 saturated carbocycles. The van der Waals surface area contributed by atoms with E-state index in [1.807, 2.05) is 24.3 Å². The first-order valence-corrected chi connectivity index (χ1v) is 11.8. The molecule has 3 aromatic carbocycles. The fraction of sp³-hybridized carbons (Fsp3) is 0.179. The number of nitrogens with one attached hydrogen (secondary N) is 2. The number of H-pyrrole nitrogens is 1. The van der Waals surface area contributed by atoms with Crippen LogP contribution in [0.2, 0.25) is 0 Å². The summed E-state index contributed by atoms with van der Waals surface area (Å²) in [6, 6.07) is 17.7. The second-order valence-electron chi connectivity index (χ2n) is 9.49. The van der Waals surface area contributed by atoms with E-state index >= 15 is 0 Å². The number of imide groups is 1. The molecule has 9 heteroatoms. The fourth-order valence-corrected chi connectivity index (χ4v) is 5.88. The zero-order valence-corrected chi connectivity index (χ0v) is 19.4. The van der Waals surface area contributed by atoms with E-state index in [4.69, 9.17) is 0 Å². The molecule has 0 radical (unpaired) electrons. The van der Waals surface area contributed by atoms with Crippen molar-refractivity contribution in [2.75, 3.05) is 4.90 Å². The number of carbonyl (C=O) groups is 3. The zero-order valence-electron chi connectivity index (χ0n) is 19.4. The number of hydrogen-bond acceptors (Lipinski definition) is 5. The number of rotatable bonds is 5. The molecule has 37 heavy (non-hydrogen) atoms. The smallest absolute Gasteiger partial charge is 0.325 e. The molecule has 3 heterocycles. The number of amides is 2. The third-order valence-electron chi connectivity index (χ3n) is 7.54. The van der Waals surface area contributed by atoms with Gasteiger partial charge in [0.2, 0.25) is 11.8 Å². The molecule has 1 aromatic heterocycles. The first-order chi connectivity index (χ1) is 17.8. The molecule has 2 amide bonds. The summed E-state index contributed by atoms with van der Waals surface area (Å²) in [7, 11) is 0. The van der Waals surface area contributed by atoms with E-state index in [1.54, 1.807) is 24.4 Å². The molecular formula is C28H22FN3O5. The first-order valence-electron chi connectivity index (χ1n) is 11.8. The molecule has 6 rings (SSSR count). The predicted molar refractivity (Wildman–Crippen MR) is 132 cm³/mol. The number of phenols is 1. The van der Waals surface area contributed by atoms with Crippen molar-refractivity contribution in [3.05, 3.63) is 95.9 Å². The number of fused-ring (bicyclic) bond motifs is 2. The lowest BCUT2D eigenvalue weighted by molar-refractivity contribution is -0.148. The zero-order chi connectivity index (χ0) is 25.9. The van der Waals surface area contributed by atoms with E-state index in [0.717, 1.165) is 27.9 Å². The Bertz CT molecular complexity index is 1570. The number of anilines is 1. The first kappa shape index (κ1) is 22.9. The molecule has 2 saturated heterocycles. The Morgan fingerprint density at radius 3 is 2.41 bits per heavy atom. The number of para-hydroxylation sites is 2. The molecule has 0 spiro atoms. The van der Waals surface area contributed by atoms with Crippen LogP contribution in [0.1, 0.15) is 17.2 Å². The maximum Gasteiger partial charge on any atom is 0.325 e. The van der Waals surface area contributed by atoms with Crippen LogP contribution in [0, 0.1) is 17.7 Å². The molecule has 0 unspecified atom stereocenters. The molecule has 186 valence electrons. The largest absolute Gasteiger partial charge is 0.508 e. The van der Waals surface area contributed by atoms with Crippen molar-refractivity contribution < 1.29 is 29.0 Å². The van der Waals surface area contributed by atoms with Gasteiger partial charge < -0.3 is 15.2 Å². The van der Waals surface area contributed by atoms with Crippen molar-refractivity contribution in [2.24, 2.45) is 11.8 Å². The Kier molecular flexibility index (Phi) is 5.13. The Labute approximate surface area is 210 Å². The maximum atomic E-state index is 13.9. The van der Waals surface area contributed by atoms with Gasteiger partial charge in [0.1, 0.15) is 17.1 Å². The number of aromatic hydroxyl groups is 1. The molecule has 0 aliphatic carbocycles. The number of aromatic amines is 1. The molecule has 2 fully saturated rings. The third kappa shape index (κ3) is 3.35. The molecule has 0 bridgehead atoms. The molecule has 8 nitrogen and oxygen atoms in total. The van der Waals surface area contributed by atoms with Crippen LogP contribution >= 0.6 is 0 Å². The van der Waals surface area contributed by atoms with Crippen molar-refractivity contribution in [3.63, 3.8) is 0 Å². The van der Waals surface area contributed by atoms with Crippen molar-refractivity contribution in [2.45, 2.75) is 18.0 Å². The standard InChI is InChI=1S/C28H22FN3O5/c29-16-9-11-17(12-10-16)32-25(34)22-23(26(32)35)28(27(36)37,31-24(22)19-6-2-4-8-21(19)33)13-15-14-30-20-7-3-1-5-18(15)20/h1-12,14,22-24,30-31,33H,13H2,(H,36,37)/t22-,23-,24-,28+/m1/s1. The van der Waals surface area contributed by atoms with Crippen molar-refractivity contribution >= 4 is 34.4 Å². The Hall–Kier alpha value is -4.50. The Morgan fingerprint density at radius 2 is 1.68 bits per heavy atom. The van der Waals surface area contributed by atoms with Crippen LogP contribution < -0.4 is 10.2 Å². The van der Waals surface area contributed by atoms with Crippen LogP contribution in [0.4, 0.5) is 10.1 Å². The van der Waals surface area contributed by atoms with E-state index in [2.05, 4.69) is 10.3 Å². The summed E-state index contributed by atoms with van der Waals surface area (Å²) in [4.78, 5) is 44.8. The van der Waals surface area contributed by atoms with Crippen LogP contribution in [-0.2, 0) is 20.8 Å². The average molecular weight is 499 g/mol. The summed E-state index contributed by atoms with van der Waals surface area (Å²) in [5, 5.41) is 25.2. The minimum absolute atomic E-state index is 0.0894. The number of aliphatic carboxylic acids is 1. The minimum Gasteiger partial charge on any atom is -0.508 e. The topological polar surface area (TPSA) is 123 Å². The maximum absolute atomic E-state index is 13.9. The van der Waals surface area contributed by atoms with E-state index < -0.39 is 47.0 Å². The second-order valence-corrected chi connectivity index (χ2v) is 9.49. The van der Waals surface area contributed by atoms with Gasteiger partial charge in [-0.2, -0.15) is 0 Å². The van der Waals surface area contributed by atoms with Gasteiger partial charge in [0.05, 0.1) is 17.5 Å². The summed E-state index contributed by atoms with van der Waals surface area (Å²) in [6.07, 6.45) is 1.62. The monoisotopic (exact) mass is 499 g/mol. The number of carboxylic acids is 1. The number of halogens is 1. The van der Waals surface area contributed by atoms with Gasteiger partial charge in [-0.05, 0) is 42.0 Å². The molecule has 4 aromatic rings. The number of nitrogens with zero attached hydrogens (tertiary/aromatic N) is 1. The van der Waals surface area contributed by atoms with Gasteiger partial charge in [-0.15, -0.1) is 0 Å². The van der Waals surface area contributed by atoms with Gasteiger partial charge in [-0.25, -0.2) is 9.29 Å². The second kappa shape index (κ2) is 8.28. The quantitative estimate of drug-likeness (QED) is 0.312. The highest BCUT2D eigenvalue weighted by atomic mass is 19.1. The van der Waals surface area contributed by atoms with Gasteiger partial charge in [0.15, 0.2) is 0 Å².